The van der Waals surface area contributed by atoms with Gasteiger partial charge < -0.3 is 24.7 Å². The lowest BCUT2D eigenvalue weighted by Gasteiger charge is -2.36. The third-order valence-electron chi connectivity index (χ3n) is 6.73. The fourth-order valence-electron chi connectivity index (χ4n) is 4.80. The molecule has 0 radical (unpaired) electrons. The molecule has 0 bridgehead atoms. The van der Waals surface area contributed by atoms with Crippen LogP contribution in [0.4, 0.5) is 11.4 Å². The molecule has 208 valence electrons. The Morgan fingerprint density at radius 3 is 2.22 bits per heavy atom. The zero-order chi connectivity index (χ0) is 29.1. The highest BCUT2D eigenvalue weighted by Gasteiger charge is 2.37. The number of ether oxygens (including phenoxy) is 4. The number of nitrogens with two attached hydrogens (primary N) is 1. The molecule has 4 aromatic rings. The lowest BCUT2D eigenvalue weighted by atomic mass is 9.91. The Balaban J connectivity index is 1.81. The smallest absolute Gasteiger partial charge is 0.261 e. The molecule has 3 aromatic carbocycles. The lowest BCUT2D eigenvalue weighted by Crippen LogP contribution is -2.53. The van der Waals surface area contributed by atoms with Crippen LogP contribution in [0.1, 0.15) is 21.5 Å². The molecule has 1 aromatic heterocycles. The van der Waals surface area contributed by atoms with E-state index < -0.39 is 12.1 Å². The van der Waals surface area contributed by atoms with Gasteiger partial charge in [0.1, 0.15) is 34.8 Å². The van der Waals surface area contributed by atoms with Crippen molar-refractivity contribution in [3.8, 4) is 17.2 Å². The highest BCUT2D eigenvalue weighted by atomic mass is 35.5. The van der Waals surface area contributed by atoms with Crippen molar-refractivity contribution in [2.45, 2.75) is 12.8 Å². The molecule has 1 amide bonds. The Kier molecular flexibility index (Phi) is 7.94. The predicted molar refractivity (Wildman–Crippen MR) is 155 cm³/mol. The first-order chi connectivity index (χ1) is 19.9. The van der Waals surface area contributed by atoms with Gasteiger partial charge in [-0.15, -0.1) is 0 Å². The fourth-order valence-corrected chi connectivity index (χ4v) is 5.06. The van der Waals surface area contributed by atoms with Crippen LogP contribution >= 0.6 is 11.6 Å². The Hall–Kier alpha value is -4.82. The Morgan fingerprint density at radius 1 is 0.976 bits per heavy atom. The van der Waals surface area contributed by atoms with Crippen molar-refractivity contribution in [1.82, 2.24) is 4.98 Å². The lowest BCUT2D eigenvalue weighted by molar-refractivity contribution is 0.0859. The van der Waals surface area contributed by atoms with E-state index in [1.807, 2.05) is 18.1 Å². The van der Waals surface area contributed by atoms with Gasteiger partial charge in [0.25, 0.3) is 5.91 Å². The topological polar surface area (TPSA) is 113 Å². The first kappa shape index (κ1) is 27.7. The van der Waals surface area contributed by atoms with E-state index in [1.54, 1.807) is 60.9 Å². The van der Waals surface area contributed by atoms with Gasteiger partial charge in [-0.05, 0) is 71.8 Å². The molecule has 0 aliphatic carbocycles. The number of pyridine rings is 1. The van der Waals surface area contributed by atoms with Crippen molar-refractivity contribution in [1.29, 1.82) is 0 Å². The third kappa shape index (κ3) is 5.21. The SMILES string of the molecule is COc1cc(C2=c3c(cc(OCc4ccncc4)cc3=C=O)C(=O)N(c3ccc(N)cc3)C2OC)cc(OC)c1Cl. The van der Waals surface area contributed by atoms with Crippen molar-refractivity contribution >= 4 is 40.4 Å². The number of methoxy groups -OCH3 is 3. The van der Waals surface area contributed by atoms with E-state index in [1.165, 1.54) is 26.2 Å². The van der Waals surface area contributed by atoms with Crippen molar-refractivity contribution < 1.29 is 28.5 Å². The molecule has 1 aliphatic heterocycles. The zero-order valence-corrected chi connectivity index (χ0v) is 23.3. The molecule has 1 atom stereocenters. The maximum atomic E-state index is 14.2. The summed E-state index contributed by atoms with van der Waals surface area (Å²) in [4.78, 5) is 32.1. The van der Waals surface area contributed by atoms with Crippen molar-refractivity contribution in [2.75, 3.05) is 32.0 Å². The second-order valence-electron chi connectivity index (χ2n) is 9.10. The molecule has 0 spiro atoms. The summed E-state index contributed by atoms with van der Waals surface area (Å²) in [5.41, 5.74) is 9.16. The highest BCUT2D eigenvalue weighted by Crippen LogP contribution is 2.39. The number of hydrogen-bond acceptors (Lipinski definition) is 8. The van der Waals surface area contributed by atoms with Crippen molar-refractivity contribution in [2.24, 2.45) is 0 Å². The van der Waals surface area contributed by atoms with Crippen LogP contribution in [-0.2, 0) is 16.1 Å². The number of carbonyl (C=O) groups excluding carboxylic acids is 2. The molecule has 2 N–H and O–H groups in total. The predicted octanol–water partition coefficient (Wildman–Crippen LogP) is 3.25. The number of hydrogen-bond donors (Lipinski definition) is 1. The number of amides is 1. The van der Waals surface area contributed by atoms with Gasteiger partial charge in [0.2, 0.25) is 0 Å². The first-order valence-electron chi connectivity index (χ1n) is 12.5. The number of anilines is 2. The normalized spacial score (nSPS) is 14.3. The summed E-state index contributed by atoms with van der Waals surface area (Å²) in [6, 6.07) is 17.0. The van der Waals surface area contributed by atoms with E-state index >= 15 is 0 Å². The first-order valence-corrected chi connectivity index (χ1v) is 12.9. The molecule has 0 fully saturated rings. The summed E-state index contributed by atoms with van der Waals surface area (Å²) >= 11 is 6.47. The number of aromatic nitrogens is 1. The Labute approximate surface area is 241 Å². The van der Waals surface area contributed by atoms with Gasteiger partial charge in [0.05, 0.1) is 25.0 Å². The molecule has 0 saturated carbocycles. The second-order valence-corrected chi connectivity index (χ2v) is 9.48. The van der Waals surface area contributed by atoms with Gasteiger partial charge in [-0.3, -0.25) is 14.7 Å². The minimum Gasteiger partial charge on any atom is -0.495 e. The van der Waals surface area contributed by atoms with Gasteiger partial charge in [-0.2, -0.15) is 0 Å². The van der Waals surface area contributed by atoms with Gasteiger partial charge in [-0.25, -0.2) is 4.79 Å². The number of nitrogens with zero attached hydrogens (tertiary/aromatic N) is 2. The van der Waals surface area contributed by atoms with E-state index in [-0.39, 0.29) is 22.4 Å². The zero-order valence-electron chi connectivity index (χ0n) is 22.5. The van der Waals surface area contributed by atoms with Crippen LogP contribution in [0.5, 0.6) is 17.2 Å². The third-order valence-corrected chi connectivity index (χ3v) is 7.10. The van der Waals surface area contributed by atoms with E-state index in [9.17, 15) is 9.59 Å². The summed E-state index contributed by atoms with van der Waals surface area (Å²) in [5.74, 6) is 2.60. The molecule has 1 unspecified atom stereocenters. The highest BCUT2D eigenvalue weighted by molar-refractivity contribution is 6.33. The summed E-state index contributed by atoms with van der Waals surface area (Å²) in [6.07, 6.45) is 2.36. The quantitative estimate of drug-likeness (QED) is 0.321. The molecule has 0 saturated heterocycles. The fraction of sp³-hybridized carbons (Fsp3) is 0.161. The molecule has 1 aliphatic rings. The van der Waals surface area contributed by atoms with E-state index in [0.717, 1.165) is 5.56 Å². The maximum absolute atomic E-state index is 14.2. The number of halogens is 1. The molecule has 2 heterocycles. The number of nitrogen functional groups attached to an aromatic ring is 1. The second kappa shape index (κ2) is 11.7. The summed E-state index contributed by atoms with van der Waals surface area (Å²) < 4.78 is 23.0. The summed E-state index contributed by atoms with van der Waals surface area (Å²) in [5, 5.41) is 0.756. The average molecular weight is 572 g/mol. The van der Waals surface area contributed by atoms with Gasteiger partial charge in [-0.1, -0.05) is 11.6 Å². The average Bonchev–Trinajstić information content (AvgIpc) is 3.01. The van der Waals surface area contributed by atoms with E-state index in [4.69, 9.17) is 36.3 Å². The van der Waals surface area contributed by atoms with Crippen LogP contribution in [0.2, 0.25) is 5.02 Å². The minimum absolute atomic E-state index is 0.127. The molecule has 10 heteroatoms. The number of benzene rings is 3. The molecular formula is C31H26ClN3O6. The molecule has 5 rings (SSSR count). The van der Waals surface area contributed by atoms with Crippen LogP contribution in [0.3, 0.4) is 0 Å². The number of rotatable bonds is 8. The van der Waals surface area contributed by atoms with Crippen LogP contribution < -0.4 is 35.3 Å². The standard InChI is InChI=1S/C31H26ClN3O6/c1-38-25-13-19(14-26(39-2)29(25)32)28-27-20(16-36)12-23(41-17-18-8-10-34-11-9-18)15-24(27)30(37)35(31(28)40-3)22-6-4-21(33)5-7-22/h4-15,31H,17,33H2,1-3H3. The van der Waals surface area contributed by atoms with Crippen LogP contribution in [-0.4, -0.2) is 44.4 Å². The largest absolute Gasteiger partial charge is 0.495 e. The monoisotopic (exact) mass is 571 g/mol. The van der Waals surface area contributed by atoms with Gasteiger partial charge >= 0.3 is 0 Å². The maximum Gasteiger partial charge on any atom is 0.261 e. The number of carbonyl (C=O) groups is 1. The van der Waals surface area contributed by atoms with Crippen molar-refractivity contribution in [3.05, 3.63) is 105 Å². The molecule has 41 heavy (non-hydrogen) atoms. The van der Waals surface area contributed by atoms with Gasteiger partial charge in [0.15, 0.2) is 6.23 Å². The van der Waals surface area contributed by atoms with Crippen LogP contribution in [0, 0.1) is 0 Å². The van der Waals surface area contributed by atoms with Gasteiger partial charge in [0, 0.05) is 41.7 Å². The molecule has 9 nitrogen and oxygen atoms in total. The summed E-state index contributed by atoms with van der Waals surface area (Å²) in [6.45, 7) is 0.207. The van der Waals surface area contributed by atoms with Crippen LogP contribution in [0.15, 0.2) is 73.1 Å². The van der Waals surface area contributed by atoms with E-state index in [2.05, 4.69) is 4.98 Å². The van der Waals surface area contributed by atoms with E-state index in [0.29, 0.717) is 45.0 Å². The molecular weight excluding hydrogens is 546 g/mol. The van der Waals surface area contributed by atoms with Crippen LogP contribution in [0.25, 0.3) is 5.57 Å². The Morgan fingerprint density at radius 2 is 1.63 bits per heavy atom. The Bertz CT molecular complexity index is 1730. The number of fused-ring (bicyclic) bond motifs is 1. The minimum atomic E-state index is -0.954. The summed E-state index contributed by atoms with van der Waals surface area (Å²) in [7, 11) is 4.45. The van der Waals surface area contributed by atoms with Crippen molar-refractivity contribution in [3.63, 3.8) is 0 Å².